The number of rotatable bonds is 2. The van der Waals surface area contributed by atoms with Gasteiger partial charge in [0.1, 0.15) is 5.82 Å². The SMILES string of the molecule is C[C@@H]1CN(Cc2ccc(C(F)(F)F)c(F)c2)C[C@H](C)N1. The average molecular weight is 290 g/mol. The monoisotopic (exact) mass is 290 g/mol. The van der Waals surface area contributed by atoms with Crippen molar-refractivity contribution in [2.75, 3.05) is 13.1 Å². The molecular weight excluding hydrogens is 272 g/mol. The molecule has 112 valence electrons. The first-order valence-corrected chi connectivity index (χ1v) is 6.59. The van der Waals surface area contributed by atoms with Gasteiger partial charge in [-0.15, -0.1) is 0 Å². The Morgan fingerprint density at radius 1 is 1.20 bits per heavy atom. The fraction of sp³-hybridized carbons (Fsp3) is 0.571. The van der Waals surface area contributed by atoms with Crippen LogP contribution in [-0.2, 0) is 12.7 Å². The Labute approximate surface area is 115 Å². The predicted octanol–water partition coefficient (Wildman–Crippen LogP) is 3.03. The average Bonchev–Trinajstić information content (AvgIpc) is 2.25. The van der Waals surface area contributed by atoms with Gasteiger partial charge in [0.05, 0.1) is 5.56 Å². The molecule has 1 N–H and O–H groups in total. The number of piperazine rings is 1. The third kappa shape index (κ3) is 3.70. The van der Waals surface area contributed by atoms with Gasteiger partial charge in [-0.05, 0) is 31.5 Å². The molecule has 1 aliphatic rings. The van der Waals surface area contributed by atoms with Crippen LogP contribution in [0.15, 0.2) is 18.2 Å². The summed E-state index contributed by atoms with van der Waals surface area (Å²) in [5, 5.41) is 3.37. The van der Waals surface area contributed by atoms with Crippen molar-refractivity contribution < 1.29 is 17.6 Å². The van der Waals surface area contributed by atoms with Crippen LogP contribution in [0.25, 0.3) is 0 Å². The van der Waals surface area contributed by atoms with Crippen LogP contribution < -0.4 is 5.32 Å². The maximum absolute atomic E-state index is 13.5. The Balaban J connectivity index is 2.09. The minimum Gasteiger partial charge on any atom is -0.309 e. The highest BCUT2D eigenvalue weighted by Gasteiger charge is 2.34. The van der Waals surface area contributed by atoms with Crippen molar-refractivity contribution in [3.05, 3.63) is 35.1 Å². The highest BCUT2D eigenvalue weighted by molar-refractivity contribution is 5.26. The molecule has 0 radical (unpaired) electrons. The maximum Gasteiger partial charge on any atom is 0.419 e. The Bertz CT molecular complexity index is 463. The molecule has 20 heavy (non-hydrogen) atoms. The second kappa shape index (κ2) is 5.69. The van der Waals surface area contributed by atoms with Crippen LogP contribution in [0.1, 0.15) is 25.0 Å². The molecule has 0 spiro atoms. The Hall–Kier alpha value is -1.14. The van der Waals surface area contributed by atoms with Gasteiger partial charge < -0.3 is 5.32 Å². The van der Waals surface area contributed by atoms with Crippen molar-refractivity contribution in [2.24, 2.45) is 0 Å². The molecule has 2 nitrogen and oxygen atoms in total. The normalized spacial score (nSPS) is 24.9. The fourth-order valence-corrected chi connectivity index (χ4v) is 2.71. The Morgan fingerprint density at radius 3 is 2.30 bits per heavy atom. The first kappa shape index (κ1) is 15.3. The van der Waals surface area contributed by atoms with E-state index in [1.807, 2.05) is 0 Å². The summed E-state index contributed by atoms with van der Waals surface area (Å²) in [7, 11) is 0. The van der Waals surface area contributed by atoms with Gasteiger partial charge in [-0.2, -0.15) is 13.2 Å². The molecule has 0 aliphatic carbocycles. The number of alkyl halides is 3. The lowest BCUT2D eigenvalue weighted by Crippen LogP contribution is -2.53. The minimum absolute atomic E-state index is 0.318. The van der Waals surface area contributed by atoms with Crippen molar-refractivity contribution in [3.8, 4) is 0 Å². The Kier molecular flexibility index (Phi) is 4.34. The van der Waals surface area contributed by atoms with E-state index in [0.29, 0.717) is 24.2 Å². The molecule has 1 aromatic carbocycles. The number of nitrogens with one attached hydrogen (secondary N) is 1. The summed E-state index contributed by atoms with van der Waals surface area (Å²) in [6.45, 7) is 6.16. The van der Waals surface area contributed by atoms with Gasteiger partial charge in [-0.25, -0.2) is 4.39 Å². The first-order chi connectivity index (χ1) is 9.25. The predicted molar refractivity (Wildman–Crippen MR) is 68.7 cm³/mol. The number of hydrogen-bond acceptors (Lipinski definition) is 2. The van der Waals surface area contributed by atoms with Gasteiger partial charge in [0.25, 0.3) is 0 Å². The van der Waals surface area contributed by atoms with E-state index in [4.69, 9.17) is 0 Å². The van der Waals surface area contributed by atoms with Gasteiger partial charge in [0.15, 0.2) is 0 Å². The maximum atomic E-state index is 13.5. The van der Waals surface area contributed by atoms with Crippen molar-refractivity contribution in [1.29, 1.82) is 0 Å². The van der Waals surface area contributed by atoms with Crippen LogP contribution in [0, 0.1) is 5.82 Å². The third-order valence-electron chi connectivity index (χ3n) is 3.38. The van der Waals surface area contributed by atoms with Crippen LogP contribution in [-0.4, -0.2) is 30.1 Å². The lowest BCUT2D eigenvalue weighted by molar-refractivity contribution is -0.140. The zero-order chi connectivity index (χ0) is 14.9. The molecule has 0 saturated carbocycles. The van der Waals surface area contributed by atoms with E-state index in [0.717, 1.165) is 25.2 Å². The smallest absolute Gasteiger partial charge is 0.309 e. The topological polar surface area (TPSA) is 15.3 Å². The number of nitrogens with zero attached hydrogens (tertiary/aromatic N) is 1. The van der Waals surface area contributed by atoms with Crippen LogP contribution in [0.5, 0.6) is 0 Å². The van der Waals surface area contributed by atoms with E-state index in [1.165, 1.54) is 6.07 Å². The molecule has 1 heterocycles. The molecule has 0 unspecified atom stereocenters. The zero-order valence-corrected chi connectivity index (χ0v) is 11.5. The lowest BCUT2D eigenvalue weighted by atomic mass is 10.1. The zero-order valence-electron chi connectivity index (χ0n) is 11.5. The van der Waals surface area contributed by atoms with Crippen LogP contribution in [0.4, 0.5) is 17.6 Å². The number of hydrogen-bond donors (Lipinski definition) is 1. The first-order valence-electron chi connectivity index (χ1n) is 6.59. The second-order valence-corrected chi connectivity index (χ2v) is 5.47. The lowest BCUT2D eigenvalue weighted by Gasteiger charge is -2.36. The van der Waals surface area contributed by atoms with Gasteiger partial charge in [-0.3, -0.25) is 4.90 Å². The molecule has 2 atom stereocenters. The van der Waals surface area contributed by atoms with Crippen molar-refractivity contribution in [2.45, 2.75) is 38.7 Å². The summed E-state index contributed by atoms with van der Waals surface area (Å²) in [5.41, 5.74) is -0.639. The molecule has 0 amide bonds. The van der Waals surface area contributed by atoms with Crippen LogP contribution >= 0.6 is 0 Å². The van der Waals surface area contributed by atoms with Crippen LogP contribution in [0.3, 0.4) is 0 Å². The summed E-state index contributed by atoms with van der Waals surface area (Å²) in [4.78, 5) is 2.12. The van der Waals surface area contributed by atoms with Gasteiger partial charge in [0, 0.05) is 31.7 Å². The molecule has 6 heteroatoms. The molecule has 1 saturated heterocycles. The number of halogens is 4. The molecule has 1 aromatic rings. The third-order valence-corrected chi connectivity index (χ3v) is 3.38. The molecule has 1 aliphatic heterocycles. The van der Waals surface area contributed by atoms with E-state index in [2.05, 4.69) is 24.1 Å². The van der Waals surface area contributed by atoms with Gasteiger partial charge >= 0.3 is 6.18 Å². The van der Waals surface area contributed by atoms with E-state index < -0.39 is 17.6 Å². The van der Waals surface area contributed by atoms with E-state index in [-0.39, 0.29) is 0 Å². The summed E-state index contributed by atoms with van der Waals surface area (Å²) in [6.07, 6.45) is -4.64. The highest BCUT2D eigenvalue weighted by Crippen LogP contribution is 2.31. The summed E-state index contributed by atoms with van der Waals surface area (Å²) >= 11 is 0. The molecule has 0 bridgehead atoms. The fourth-order valence-electron chi connectivity index (χ4n) is 2.71. The molecule has 2 rings (SSSR count). The van der Waals surface area contributed by atoms with E-state index in [1.54, 1.807) is 0 Å². The van der Waals surface area contributed by atoms with Crippen molar-refractivity contribution in [3.63, 3.8) is 0 Å². The Morgan fingerprint density at radius 2 is 1.80 bits per heavy atom. The van der Waals surface area contributed by atoms with Gasteiger partial charge in [-0.1, -0.05) is 6.07 Å². The van der Waals surface area contributed by atoms with Crippen molar-refractivity contribution in [1.82, 2.24) is 10.2 Å². The highest BCUT2D eigenvalue weighted by atomic mass is 19.4. The van der Waals surface area contributed by atoms with Gasteiger partial charge in [0.2, 0.25) is 0 Å². The largest absolute Gasteiger partial charge is 0.419 e. The molecule has 1 fully saturated rings. The van der Waals surface area contributed by atoms with Crippen molar-refractivity contribution >= 4 is 0 Å². The molecule has 0 aromatic heterocycles. The summed E-state index contributed by atoms with van der Waals surface area (Å²) in [6, 6.07) is 3.79. The number of benzene rings is 1. The van der Waals surface area contributed by atoms with E-state index in [9.17, 15) is 17.6 Å². The standard InChI is InChI=1S/C14H18F4N2/c1-9-6-20(7-10(2)19-9)8-11-3-4-12(13(15)5-11)14(16,17)18/h3-5,9-10,19H,6-8H2,1-2H3/t9-,10+. The quantitative estimate of drug-likeness (QED) is 0.842. The summed E-state index contributed by atoms with van der Waals surface area (Å²) < 4.78 is 51.0. The minimum atomic E-state index is -4.64. The summed E-state index contributed by atoms with van der Waals surface area (Å²) in [5.74, 6) is -1.20. The van der Waals surface area contributed by atoms with Crippen LogP contribution in [0.2, 0.25) is 0 Å². The van der Waals surface area contributed by atoms with E-state index >= 15 is 0 Å². The molecular formula is C14H18F4N2. The second-order valence-electron chi connectivity index (χ2n) is 5.47.